The molecular weight excluding hydrogens is 376 g/mol. The molecule has 1 aromatic heterocycles. The van der Waals surface area contributed by atoms with E-state index in [9.17, 15) is 9.59 Å². The van der Waals surface area contributed by atoms with Crippen LogP contribution in [0.5, 0.6) is 5.75 Å². The highest BCUT2D eigenvalue weighted by Gasteiger charge is 2.15. The number of methoxy groups -OCH3 is 1. The Hall–Kier alpha value is -2.28. The summed E-state index contributed by atoms with van der Waals surface area (Å²) in [5.41, 5.74) is 0.980. The van der Waals surface area contributed by atoms with Crippen molar-refractivity contribution in [3.8, 4) is 5.75 Å². The molecule has 1 heterocycles. The summed E-state index contributed by atoms with van der Waals surface area (Å²) in [5.74, 6) is 0.207. The van der Waals surface area contributed by atoms with Crippen LogP contribution in [-0.4, -0.2) is 25.5 Å². The van der Waals surface area contributed by atoms with E-state index < -0.39 is 5.91 Å². The van der Waals surface area contributed by atoms with E-state index in [0.717, 1.165) is 17.7 Å². The summed E-state index contributed by atoms with van der Waals surface area (Å²) < 4.78 is 10.7. The van der Waals surface area contributed by atoms with Crippen molar-refractivity contribution in [2.45, 2.75) is 19.4 Å². The normalized spacial score (nSPS) is 11.6. The molecule has 2 N–H and O–H groups in total. The number of ether oxygens (including phenoxy) is 1. The molecule has 0 bridgehead atoms. The summed E-state index contributed by atoms with van der Waals surface area (Å²) >= 11 is 3.12. The van der Waals surface area contributed by atoms with Gasteiger partial charge < -0.3 is 19.8 Å². The highest BCUT2D eigenvalue weighted by Crippen LogP contribution is 2.20. The van der Waals surface area contributed by atoms with E-state index in [4.69, 9.17) is 9.15 Å². The van der Waals surface area contributed by atoms with Gasteiger partial charge in [0.15, 0.2) is 10.4 Å². The number of carbonyl (C=O) groups is 2. The number of nitrogens with one attached hydrogen (secondary N) is 2. The van der Waals surface area contributed by atoms with Crippen molar-refractivity contribution in [3.63, 3.8) is 0 Å². The molecule has 2 amide bonds. The Labute approximate surface area is 148 Å². The molecule has 0 aliphatic carbocycles. The summed E-state index contributed by atoms with van der Waals surface area (Å²) in [4.78, 5) is 23.9. The number of hydrogen-bond donors (Lipinski definition) is 2. The van der Waals surface area contributed by atoms with Crippen molar-refractivity contribution in [2.75, 3.05) is 13.7 Å². The SMILES string of the molecule is CCC(NC(=O)CNC(=O)c1ccc(Br)o1)c1ccc(OC)cc1. The van der Waals surface area contributed by atoms with E-state index in [0.29, 0.717) is 4.67 Å². The van der Waals surface area contributed by atoms with Crippen LogP contribution in [0.4, 0.5) is 0 Å². The molecular formula is C17H19BrN2O4. The van der Waals surface area contributed by atoms with Crippen molar-refractivity contribution in [1.82, 2.24) is 10.6 Å². The zero-order valence-electron chi connectivity index (χ0n) is 13.5. The minimum Gasteiger partial charge on any atom is -0.497 e. The lowest BCUT2D eigenvalue weighted by molar-refractivity contribution is -0.120. The first-order valence-electron chi connectivity index (χ1n) is 7.50. The Bertz CT molecular complexity index is 697. The van der Waals surface area contributed by atoms with Crippen LogP contribution in [-0.2, 0) is 4.79 Å². The fourth-order valence-electron chi connectivity index (χ4n) is 2.19. The molecule has 1 atom stereocenters. The van der Waals surface area contributed by atoms with Crippen LogP contribution in [0.1, 0.15) is 35.5 Å². The van der Waals surface area contributed by atoms with E-state index in [1.54, 1.807) is 13.2 Å². The van der Waals surface area contributed by atoms with Crippen LogP contribution in [0, 0.1) is 0 Å². The number of amides is 2. The third-order valence-corrected chi connectivity index (χ3v) is 3.89. The lowest BCUT2D eigenvalue weighted by atomic mass is 10.0. The molecule has 1 aromatic carbocycles. The standard InChI is InChI=1S/C17H19BrN2O4/c1-3-13(11-4-6-12(23-2)7-5-11)20-16(21)10-19-17(22)14-8-9-15(18)24-14/h4-9,13H,3,10H2,1-2H3,(H,19,22)(H,20,21). The Morgan fingerprint density at radius 3 is 2.46 bits per heavy atom. The molecule has 6 nitrogen and oxygen atoms in total. The third kappa shape index (κ3) is 4.86. The van der Waals surface area contributed by atoms with E-state index in [-0.39, 0.29) is 24.3 Å². The number of halogens is 1. The molecule has 0 radical (unpaired) electrons. The predicted octanol–water partition coefficient (Wildman–Crippen LogP) is 3.05. The van der Waals surface area contributed by atoms with Gasteiger partial charge in [0.1, 0.15) is 5.75 Å². The lowest BCUT2D eigenvalue weighted by Gasteiger charge is -2.18. The Kier molecular flexibility index (Phi) is 6.43. The second-order valence-electron chi connectivity index (χ2n) is 5.09. The lowest BCUT2D eigenvalue weighted by Crippen LogP contribution is -2.38. The summed E-state index contributed by atoms with van der Waals surface area (Å²) in [6.07, 6.45) is 0.733. The highest BCUT2D eigenvalue weighted by atomic mass is 79.9. The molecule has 1 unspecified atom stereocenters. The summed E-state index contributed by atoms with van der Waals surface area (Å²) in [5, 5.41) is 5.42. The Morgan fingerprint density at radius 2 is 1.92 bits per heavy atom. The maximum Gasteiger partial charge on any atom is 0.287 e. The van der Waals surface area contributed by atoms with E-state index in [2.05, 4.69) is 26.6 Å². The van der Waals surface area contributed by atoms with Gasteiger partial charge >= 0.3 is 0 Å². The molecule has 2 rings (SSSR count). The van der Waals surface area contributed by atoms with Gasteiger partial charge in [-0.15, -0.1) is 0 Å². The zero-order valence-corrected chi connectivity index (χ0v) is 15.1. The first-order valence-corrected chi connectivity index (χ1v) is 8.29. The number of carbonyl (C=O) groups excluding carboxylic acids is 2. The van der Waals surface area contributed by atoms with Crippen molar-refractivity contribution in [2.24, 2.45) is 0 Å². The molecule has 128 valence electrons. The molecule has 2 aromatic rings. The minimum atomic E-state index is -0.437. The van der Waals surface area contributed by atoms with Crippen LogP contribution in [0.2, 0.25) is 0 Å². The fourth-order valence-corrected chi connectivity index (χ4v) is 2.49. The number of hydrogen-bond acceptors (Lipinski definition) is 4. The quantitative estimate of drug-likeness (QED) is 0.755. The van der Waals surface area contributed by atoms with E-state index in [1.165, 1.54) is 6.07 Å². The largest absolute Gasteiger partial charge is 0.497 e. The molecule has 7 heteroatoms. The van der Waals surface area contributed by atoms with Crippen LogP contribution >= 0.6 is 15.9 Å². The van der Waals surface area contributed by atoms with Gasteiger partial charge in [0.05, 0.1) is 19.7 Å². The monoisotopic (exact) mass is 394 g/mol. The first kappa shape index (κ1) is 18.1. The average Bonchev–Trinajstić information content (AvgIpc) is 3.04. The second-order valence-corrected chi connectivity index (χ2v) is 5.87. The minimum absolute atomic E-state index is 0.121. The van der Waals surface area contributed by atoms with Gasteiger partial charge in [-0.1, -0.05) is 19.1 Å². The summed E-state index contributed by atoms with van der Waals surface area (Å²) in [6, 6.07) is 10.5. The number of benzene rings is 1. The van der Waals surface area contributed by atoms with Crippen molar-refractivity contribution in [3.05, 3.63) is 52.4 Å². The zero-order chi connectivity index (χ0) is 17.5. The molecule has 0 saturated carbocycles. The van der Waals surface area contributed by atoms with Crippen LogP contribution in [0.15, 0.2) is 45.5 Å². The van der Waals surface area contributed by atoms with Crippen molar-refractivity contribution in [1.29, 1.82) is 0 Å². The third-order valence-electron chi connectivity index (χ3n) is 3.47. The molecule has 24 heavy (non-hydrogen) atoms. The van der Waals surface area contributed by atoms with Gasteiger partial charge in [-0.3, -0.25) is 9.59 Å². The van der Waals surface area contributed by atoms with Gasteiger partial charge in [-0.2, -0.15) is 0 Å². The van der Waals surface area contributed by atoms with Crippen LogP contribution < -0.4 is 15.4 Å². The number of rotatable bonds is 7. The van der Waals surface area contributed by atoms with Gasteiger partial charge in [0.2, 0.25) is 5.91 Å². The molecule has 0 aliphatic rings. The maximum absolute atomic E-state index is 12.1. The Morgan fingerprint density at radius 1 is 1.21 bits per heavy atom. The summed E-state index contributed by atoms with van der Waals surface area (Å²) in [7, 11) is 1.61. The van der Waals surface area contributed by atoms with Crippen LogP contribution in [0.25, 0.3) is 0 Å². The smallest absolute Gasteiger partial charge is 0.287 e. The predicted molar refractivity (Wildman–Crippen MR) is 92.9 cm³/mol. The molecule has 0 saturated heterocycles. The van der Waals surface area contributed by atoms with E-state index >= 15 is 0 Å². The molecule has 0 fully saturated rings. The van der Waals surface area contributed by atoms with E-state index in [1.807, 2.05) is 31.2 Å². The van der Waals surface area contributed by atoms with Crippen molar-refractivity contribution >= 4 is 27.7 Å². The highest BCUT2D eigenvalue weighted by molar-refractivity contribution is 9.10. The van der Waals surface area contributed by atoms with Crippen molar-refractivity contribution < 1.29 is 18.7 Å². The maximum atomic E-state index is 12.1. The summed E-state index contributed by atoms with van der Waals surface area (Å²) in [6.45, 7) is 1.86. The fraction of sp³-hybridized carbons (Fsp3) is 0.294. The Balaban J connectivity index is 1.88. The first-order chi connectivity index (χ1) is 11.5. The molecule has 0 aliphatic heterocycles. The molecule has 0 spiro atoms. The van der Waals surface area contributed by atoms with Gasteiger partial charge in [-0.05, 0) is 52.2 Å². The average molecular weight is 395 g/mol. The van der Waals surface area contributed by atoms with Gasteiger partial charge in [0, 0.05) is 0 Å². The van der Waals surface area contributed by atoms with Gasteiger partial charge in [0.25, 0.3) is 5.91 Å². The second kappa shape index (κ2) is 8.54. The van der Waals surface area contributed by atoms with Gasteiger partial charge in [-0.25, -0.2) is 0 Å². The topological polar surface area (TPSA) is 80.6 Å². The number of furan rings is 1. The van der Waals surface area contributed by atoms with Crippen LogP contribution in [0.3, 0.4) is 0 Å².